The third kappa shape index (κ3) is 7.11. The van der Waals surface area contributed by atoms with E-state index in [1.54, 1.807) is 0 Å². The first-order chi connectivity index (χ1) is 12.7. The average Bonchev–Trinajstić information content (AvgIpc) is 2.64. The Hall–Kier alpha value is -1.96. The number of hydrogen-bond donors (Lipinski definition) is 0. The molecule has 0 heterocycles. The Bertz CT molecular complexity index is 588. The molecule has 0 aliphatic carbocycles. The third-order valence-electron chi connectivity index (χ3n) is 4.75. The molecule has 2 aromatic carbocycles. The first-order valence-electron chi connectivity index (χ1n) is 10.1. The molecule has 0 aliphatic heterocycles. The van der Waals surface area contributed by atoms with E-state index in [0.29, 0.717) is 0 Å². The van der Waals surface area contributed by atoms with E-state index >= 15 is 0 Å². The summed E-state index contributed by atoms with van der Waals surface area (Å²) in [5.74, 6) is 1.82. The fraction of sp³-hybridized carbons (Fsp3) is 0.500. The van der Waals surface area contributed by atoms with Crippen LogP contribution in [-0.2, 0) is 0 Å². The van der Waals surface area contributed by atoms with Crippen molar-refractivity contribution < 1.29 is 9.47 Å². The number of benzene rings is 2. The zero-order chi connectivity index (χ0) is 18.6. The molecule has 0 saturated heterocycles. The minimum atomic E-state index is -0.243. The van der Waals surface area contributed by atoms with Crippen LogP contribution in [0.2, 0.25) is 0 Å². The topological polar surface area (TPSA) is 18.5 Å². The van der Waals surface area contributed by atoms with Gasteiger partial charge in [0.05, 0.1) is 0 Å². The summed E-state index contributed by atoms with van der Waals surface area (Å²) >= 11 is 0. The van der Waals surface area contributed by atoms with Crippen LogP contribution >= 0.6 is 0 Å². The Balaban J connectivity index is 1.91. The van der Waals surface area contributed by atoms with Gasteiger partial charge >= 0.3 is 0 Å². The molecule has 2 heteroatoms. The van der Waals surface area contributed by atoms with E-state index in [4.69, 9.17) is 9.47 Å². The maximum absolute atomic E-state index is 6.23. The summed E-state index contributed by atoms with van der Waals surface area (Å²) in [6.45, 7) is 6.41. The monoisotopic (exact) mass is 354 g/mol. The van der Waals surface area contributed by atoms with Gasteiger partial charge in [-0.1, -0.05) is 81.8 Å². The van der Waals surface area contributed by atoms with Gasteiger partial charge in [0, 0.05) is 6.42 Å². The Morgan fingerprint density at radius 1 is 0.654 bits per heavy atom. The van der Waals surface area contributed by atoms with Crippen molar-refractivity contribution in [2.75, 3.05) is 0 Å². The van der Waals surface area contributed by atoms with Crippen LogP contribution in [0.25, 0.3) is 0 Å². The van der Waals surface area contributed by atoms with Crippen LogP contribution in [0.1, 0.15) is 69.4 Å². The molecule has 2 nitrogen and oxygen atoms in total. The van der Waals surface area contributed by atoms with Crippen LogP contribution in [0, 0.1) is 13.8 Å². The first-order valence-corrected chi connectivity index (χ1v) is 10.1. The molecule has 26 heavy (non-hydrogen) atoms. The highest BCUT2D eigenvalue weighted by atomic mass is 16.7. The number of unbranched alkanes of at least 4 members (excludes halogenated alkanes) is 6. The van der Waals surface area contributed by atoms with Gasteiger partial charge < -0.3 is 9.47 Å². The van der Waals surface area contributed by atoms with E-state index in [2.05, 4.69) is 32.9 Å². The quantitative estimate of drug-likeness (QED) is 0.296. The van der Waals surface area contributed by atoms with Crippen LogP contribution in [0.5, 0.6) is 11.5 Å². The Labute approximate surface area is 159 Å². The van der Waals surface area contributed by atoms with Gasteiger partial charge in [-0.15, -0.1) is 0 Å². The minimum absolute atomic E-state index is 0.243. The van der Waals surface area contributed by atoms with Crippen molar-refractivity contribution >= 4 is 0 Å². The van der Waals surface area contributed by atoms with Crippen LogP contribution in [0.4, 0.5) is 0 Å². The second-order valence-electron chi connectivity index (χ2n) is 7.11. The normalized spacial score (nSPS) is 10.9. The molecule has 0 spiro atoms. The van der Waals surface area contributed by atoms with Crippen molar-refractivity contribution in [1.82, 2.24) is 0 Å². The van der Waals surface area contributed by atoms with Gasteiger partial charge in [0.2, 0.25) is 6.29 Å². The number of hydrogen-bond acceptors (Lipinski definition) is 2. The summed E-state index contributed by atoms with van der Waals surface area (Å²) < 4.78 is 12.5. The highest BCUT2D eigenvalue weighted by Gasteiger charge is 2.14. The molecule has 0 radical (unpaired) electrons. The predicted molar refractivity (Wildman–Crippen MR) is 110 cm³/mol. The second kappa shape index (κ2) is 11.6. The summed E-state index contributed by atoms with van der Waals surface area (Å²) in [6, 6.07) is 16.3. The van der Waals surface area contributed by atoms with Crippen molar-refractivity contribution in [3.8, 4) is 11.5 Å². The third-order valence-corrected chi connectivity index (χ3v) is 4.75. The number of ether oxygens (including phenoxy) is 2. The molecule has 0 amide bonds. The highest BCUT2D eigenvalue weighted by Crippen LogP contribution is 2.24. The maximum atomic E-state index is 6.23. The Morgan fingerprint density at radius 2 is 1.12 bits per heavy atom. The molecule has 0 fully saturated rings. The molecule has 142 valence electrons. The van der Waals surface area contributed by atoms with E-state index in [1.807, 2.05) is 36.4 Å². The lowest BCUT2D eigenvalue weighted by atomic mass is 10.1. The standard InChI is InChI=1S/C24H34O2/c1-4-5-6-7-8-9-10-19-24(25-22-17-13-11-15-20(22)2)26-23-18-14-12-16-21(23)3/h11-18,24H,4-10,19H2,1-3H3. The number of para-hydroxylation sites is 2. The van der Waals surface area contributed by atoms with Crippen LogP contribution in [0.15, 0.2) is 48.5 Å². The van der Waals surface area contributed by atoms with Gasteiger partial charge in [0.15, 0.2) is 0 Å². The van der Waals surface area contributed by atoms with E-state index in [9.17, 15) is 0 Å². The van der Waals surface area contributed by atoms with Gasteiger partial charge in [0.1, 0.15) is 11.5 Å². The fourth-order valence-corrected chi connectivity index (χ4v) is 3.07. The van der Waals surface area contributed by atoms with E-state index in [-0.39, 0.29) is 6.29 Å². The zero-order valence-corrected chi connectivity index (χ0v) is 16.7. The summed E-state index contributed by atoms with van der Waals surface area (Å²) in [6.07, 6.45) is 9.72. The van der Waals surface area contributed by atoms with Crippen molar-refractivity contribution in [3.63, 3.8) is 0 Å². The predicted octanol–water partition coefficient (Wildman–Crippen LogP) is 7.23. The smallest absolute Gasteiger partial charge is 0.241 e. The first kappa shape index (κ1) is 20.4. The lowest BCUT2D eigenvalue weighted by Gasteiger charge is -2.22. The minimum Gasteiger partial charge on any atom is -0.455 e. The molecule has 0 bridgehead atoms. The Kier molecular flexibility index (Phi) is 9.09. The molecule has 0 atom stereocenters. The lowest BCUT2D eigenvalue weighted by Crippen LogP contribution is -2.24. The van der Waals surface area contributed by atoms with Crippen molar-refractivity contribution in [3.05, 3.63) is 59.7 Å². The molecule has 0 N–H and O–H groups in total. The van der Waals surface area contributed by atoms with Gasteiger partial charge in [-0.2, -0.15) is 0 Å². The maximum Gasteiger partial charge on any atom is 0.241 e. The highest BCUT2D eigenvalue weighted by molar-refractivity contribution is 5.33. The molecule has 0 aromatic heterocycles. The van der Waals surface area contributed by atoms with Gasteiger partial charge in [-0.25, -0.2) is 0 Å². The SMILES string of the molecule is CCCCCCCCCC(Oc1ccccc1C)Oc1ccccc1C. The Morgan fingerprint density at radius 3 is 1.62 bits per heavy atom. The van der Waals surface area contributed by atoms with Gasteiger partial charge in [-0.05, 0) is 43.5 Å². The second-order valence-corrected chi connectivity index (χ2v) is 7.11. The molecule has 0 aliphatic rings. The van der Waals surface area contributed by atoms with E-state index in [0.717, 1.165) is 35.5 Å². The van der Waals surface area contributed by atoms with Gasteiger partial charge in [-0.3, -0.25) is 0 Å². The molecule has 2 aromatic rings. The van der Waals surface area contributed by atoms with E-state index in [1.165, 1.54) is 38.5 Å². The van der Waals surface area contributed by atoms with Crippen LogP contribution < -0.4 is 9.47 Å². The summed E-state index contributed by atoms with van der Waals surface area (Å²) in [5, 5.41) is 0. The number of rotatable bonds is 12. The van der Waals surface area contributed by atoms with Crippen molar-refractivity contribution in [2.45, 2.75) is 78.4 Å². The molecular weight excluding hydrogens is 320 g/mol. The van der Waals surface area contributed by atoms with Crippen LogP contribution in [0.3, 0.4) is 0 Å². The molecule has 2 rings (SSSR count). The van der Waals surface area contributed by atoms with Gasteiger partial charge in [0.25, 0.3) is 0 Å². The summed E-state index contributed by atoms with van der Waals surface area (Å²) in [5.41, 5.74) is 2.29. The molecule has 0 saturated carbocycles. The largest absolute Gasteiger partial charge is 0.455 e. The summed E-state index contributed by atoms with van der Waals surface area (Å²) in [7, 11) is 0. The van der Waals surface area contributed by atoms with Crippen molar-refractivity contribution in [1.29, 1.82) is 0 Å². The van der Waals surface area contributed by atoms with Crippen molar-refractivity contribution in [2.24, 2.45) is 0 Å². The number of aryl methyl sites for hydroxylation is 2. The molecule has 0 unspecified atom stereocenters. The fourth-order valence-electron chi connectivity index (χ4n) is 3.07. The van der Waals surface area contributed by atoms with E-state index < -0.39 is 0 Å². The average molecular weight is 355 g/mol. The lowest BCUT2D eigenvalue weighted by molar-refractivity contribution is -0.00344. The van der Waals surface area contributed by atoms with Crippen LogP contribution in [-0.4, -0.2) is 6.29 Å². The summed E-state index contributed by atoms with van der Waals surface area (Å²) in [4.78, 5) is 0. The zero-order valence-electron chi connectivity index (χ0n) is 16.7. The molecular formula is C24H34O2.